The maximum Gasteiger partial charge on any atom is 0.328 e. The highest BCUT2D eigenvalue weighted by Crippen LogP contribution is 2.07. The summed E-state index contributed by atoms with van der Waals surface area (Å²) < 4.78 is 1.10. The minimum Gasteiger partial charge on any atom is -0.309 e. The average Bonchev–Trinajstić information content (AvgIpc) is 2.69. The molecule has 0 aliphatic heterocycles. The average molecular weight is 249 g/mol. The summed E-state index contributed by atoms with van der Waals surface area (Å²) in [5.41, 5.74) is -0.336. The Morgan fingerprint density at radius 2 is 2.28 bits per heavy atom. The second-order valence-corrected chi connectivity index (χ2v) is 3.71. The van der Waals surface area contributed by atoms with E-state index in [4.69, 9.17) is 0 Å². The van der Waals surface area contributed by atoms with Crippen molar-refractivity contribution >= 4 is 11.7 Å². The number of carbonyl (C=O) groups is 1. The van der Waals surface area contributed by atoms with Crippen LogP contribution in [0.1, 0.15) is 5.56 Å². The number of hydrogen-bond donors (Lipinski definition) is 3. The van der Waals surface area contributed by atoms with E-state index in [2.05, 4.69) is 20.5 Å². The molecule has 94 valence electrons. The molecule has 1 amide bonds. The van der Waals surface area contributed by atoms with E-state index in [1.807, 2.05) is 0 Å². The summed E-state index contributed by atoms with van der Waals surface area (Å²) in [4.78, 5) is 35.9. The van der Waals surface area contributed by atoms with Crippen molar-refractivity contribution in [2.24, 2.45) is 0 Å². The number of H-pyrrole nitrogens is 2. The molecule has 2 rings (SSSR count). The Kier molecular flexibility index (Phi) is 3.09. The van der Waals surface area contributed by atoms with Gasteiger partial charge in [0, 0.05) is 17.8 Å². The van der Waals surface area contributed by atoms with Gasteiger partial charge >= 0.3 is 5.69 Å². The fourth-order valence-electron chi connectivity index (χ4n) is 1.38. The van der Waals surface area contributed by atoms with Crippen LogP contribution in [0.2, 0.25) is 0 Å². The van der Waals surface area contributed by atoms with Gasteiger partial charge in [-0.1, -0.05) is 0 Å². The van der Waals surface area contributed by atoms with E-state index in [0.29, 0.717) is 5.82 Å². The van der Waals surface area contributed by atoms with Crippen molar-refractivity contribution in [3.63, 3.8) is 0 Å². The van der Waals surface area contributed by atoms with Crippen LogP contribution in [-0.2, 0) is 11.3 Å². The zero-order valence-corrected chi connectivity index (χ0v) is 9.56. The van der Waals surface area contributed by atoms with Crippen LogP contribution in [0.3, 0.4) is 0 Å². The lowest BCUT2D eigenvalue weighted by Gasteiger charge is -2.05. The zero-order chi connectivity index (χ0) is 13.1. The van der Waals surface area contributed by atoms with Gasteiger partial charge in [0.25, 0.3) is 5.56 Å². The van der Waals surface area contributed by atoms with Crippen LogP contribution < -0.4 is 16.6 Å². The Morgan fingerprint density at radius 3 is 2.89 bits per heavy atom. The number of anilines is 1. The van der Waals surface area contributed by atoms with Gasteiger partial charge in [0.05, 0.1) is 6.20 Å². The minimum atomic E-state index is -0.626. The normalized spacial score (nSPS) is 10.3. The largest absolute Gasteiger partial charge is 0.328 e. The molecule has 0 aliphatic rings. The maximum absolute atomic E-state index is 11.7. The molecule has 0 aromatic carbocycles. The van der Waals surface area contributed by atoms with E-state index < -0.39 is 17.2 Å². The van der Waals surface area contributed by atoms with Crippen LogP contribution in [0.15, 0.2) is 28.0 Å². The van der Waals surface area contributed by atoms with Gasteiger partial charge in [-0.25, -0.2) is 4.79 Å². The number of aromatic nitrogens is 4. The summed E-state index contributed by atoms with van der Waals surface area (Å²) >= 11 is 0. The molecule has 2 heterocycles. The second-order valence-electron chi connectivity index (χ2n) is 3.71. The van der Waals surface area contributed by atoms with Crippen molar-refractivity contribution in [2.45, 2.75) is 13.5 Å². The Morgan fingerprint density at radius 1 is 1.50 bits per heavy atom. The van der Waals surface area contributed by atoms with Crippen LogP contribution in [0.25, 0.3) is 0 Å². The van der Waals surface area contributed by atoms with Gasteiger partial charge in [-0.05, 0) is 6.92 Å². The van der Waals surface area contributed by atoms with Gasteiger partial charge in [0.2, 0.25) is 5.91 Å². The second kappa shape index (κ2) is 4.70. The fraction of sp³-hybridized carbons (Fsp3) is 0.200. The molecular weight excluding hydrogens is 238 g/mol. The van der Waals surface area contributed by atoms with E-state index >= 15 is 0 Å². The number of nitrogens with one attached hydrogen (secondary N) is 3. The first-order valence-corrected chi connectivity index (χ1v) is 5.16. The van der Waals surface area contributed by atoms with Gasteiger partial charge in [-0.15, -0.1) is 0 Å². The van der Waals surface area contributed by atoms with Crippen molar-refractivity contribution in [1.29, 1.82) is 0 Å². The predicted molar refractivity (Wildman–Crippen MR) is 63.3 cm³/mol. The zero-order valence-electron chi connectivity index (χ0n) is 9.56. The Labute approximate surface area is 101 Å². The number of hydrogen-bond acceptors (Lipinski definition) is 4. The molecule has 0 atom stereocenters. The predicted octanol–water partition coefficient (Wildman–Crippen LogP) is -0.793. The highest BCUT2D eigenvalue weighted by molar-refractivity contribution is 5.90. The van der Waals surface area contributed by atoms with Crippen molar-refractivity contribution in [3.05, 3.63) is 44.9 Å². The lowest BCUT2D eigenvalue weighted by atomic mass is 10.4. The quantitative estimate of drug-likeness (QED) is 0.661. The number of aromatic amines is 2. The van der Waals surface area contributed by atoms with Crippen molar-refractivity contribution in [2.75, 3.05) is 5.32 Å². The molecule has 0 unspecified atom stereocenters. The molecule has 2 aromatic rings. The van der Waals surface area contributed by atoms with Crippen LogP contribution in [0.5, 0.6) is 0 Å². The van der Waals surface area contributed by atoms with E-state index in [0.717, 1.165) is 10.1 Å². The van der Waals surface area contributed by atoms with Gasteiger partial charge in [0.15, 0.2) is 0 Å². The van der Waals surface area contributed by atoms with Crippen LogP contribution in [-0.4, -0.2) is 25.7 Å². The summed E-state index contributed by atoms with van der Waals surface area (Å²) in [6.07, 6.45) is 2.84. The molecule has 0 aliphatic carbocycles. The van der Waals surface area contributed by atoms with E-state index in [1.54, 1.807) is 13.1 Å². The van der Waals surface area contributed by atoms with E-state index in [9.17, 15) is 14.4 Å². The highest BCUT2D eigenvalue weighted by atomic mass is 16.2. The highest BCUT2D eigenvalue weighted by Gasteiger charge is 2.07. The SMILES string of the molecule is Cc1cn[nH]c1NC(=O)Cn1ccc(=O)[nH]c1=O. The number of aryl methyl sites for hydroxylation is 1. The number of rotatable bonds is 3. The minimum absolute atomic E-state index is 0.186. The van der Waals surface area contributed by atoms with Gasteiger partial charge in [0.1, 0.15) is 12.4 Å². The maximum atomic E-state index is 11.7. The lowest BCUT2D eigenvalue weighted by molar-refractivity contribution is -0.116. The van der Waals surface area contributed by atoms with Gasteiger partial charge < -0.3 is 5.32 Å². The third-order valence-corrected chi connectivity index (χ3v) is 2.30. The molecular formula is C10H11N5O3. The molecule has 8 nitrogen and oxygen atoms in total. The van der Waals surface area contributed by atoms with E-state index in [-0.39, 0.29) is 6.54 Å². The Hall–Kier alpha value is -2.64. The lowest BCUT2D eigenvalue weighted by Crippen LogP contribution is -2.32. The fourth-order valence-corrected chi connectivity index (χ4v) is 1.38. The van der Waals surface area contributed by atoms with Crippen LogP contribution >= 0.6 is 0 Å². The summed E-state index contributed by atoms with van der Waals surface area (Å²) in [5, 5.41) is 8.95. The summed E-state index contributed by atoms with van der Waals surface area (Å²) in [7, 11) is 0. The smallest absolute Gasteiger partial charge is 0.309 e. The third-order valence-electron chi connectivity index (χ3n) is 2.30. The number of nitrogens with zero attached hydrogens (tertiary/aromatic N) is 2. The first kappa shape index (κ1) is 11.8. The van der Waals surface area contributed by atoms with Crippen molar-refractivity contribution in [3.8, 4) is 0 Å². The van der Waals surface area contributed by atoms with Crippen molar-refractivity contribution < 1.29 is 4.79 Å². The molecule has 18 heavy (non-hydrogen) atoms. The van der Waals surface area contributed by atoms with E-state index in [1.165, 1.54) is 12.3 Å². The van der Waals surface area contributed by atoms with Crippen LogP contribution in [0.4, 0.5) is 5.82 Å². The molecule has 8 heteroatoms. The molecule has 0 spiro atoms. The Balaban J connectivity index is 2.10. The molecule has 2 aromatic heterocycles. The number of carbonyl (C=O) groups excluding carboxylic acids is 1. The summed E-state index contributed by atoms with van der Waals surface area (Å²) in [6.45, 7) is 1.60. The number of amides is 1. The van der Waals surface area contributed by atoms with Crippen LogP contribution in [0, 0.1) is 6.92 Å². The molecule has 0 fully saturated rings. The molecule has 0 saturated carbocycles. The molecule has 0 radical (unpaired) electrons. The molecule has 0 saturated heterocycles. The first-order chi connectivity index (χ1) is 8.56. The standard InChI is InChI=1S/C10H11N5O3/c1-6-4-11-14-9(6)12-8(17)5-15-3-2-7(16)13-10(15)18/h2-4H,5H2,1H3,(H,13,16,18)(H2,11,12,14,17). The van der Waals surface area contributed by atoms with Gasteiger partial charge in [-0.2, -0.15) is 5.10 Å². The van der Waals surface area contributed by atoms with Gasteiger partial charge in [-0.3, -0.25) is 24.2 Å². The summed E-state index contributed by atoms with van der Waals surface area (Å²) in [5.74, 6) is 0.0916. The topological polar surface area (TPSA) is 113 Å². The molecule has 0 bridgehead atoms. The monoisotopic (exact) mass is 249 g/mol. The molecule has 3 N–H and O–H groups in total. The Bertz CT molecular complexity index is 681. The third kappa shape index (κ3) is 2.54. The summed E-state index contributed by atoms with van der Waals surface area (Å²) in [6, 6.07) is 1.18. The van der Waals surface area contributed by atoms with Crippen molar-refractivity contribution in [1.82, 2.24) is 19.7 Å². The first-order valence-electron chi connectivity index (χ1n) is 5.16.